The summed E-state index contributed by atoms with van der Waals surface area (Å²) in [6, 6.07) is 8.59. The van der Waals surface area contributed by atoms with E-state index in [1.54, 1.807) is 0 Å². The largest absolute Gasteiger partial charge is 0.370 e. The molecule has 1 rings (SSSR count). The van der Waals surface area contributed by atoms with Crippen molar-refractivity contribution in [3.63, 3.8) is 0 Å². The molecule has 0 aliphatic carbocycles. The summed E-state index contributed by atoms with van der Waals surface area (Å²) >= 11 is 3.53. The van der Waals surface area contributed by atoms with Crippen LogP contribution in [0.1, 0.15) is 25.8 Å². The van der Waals surface area contributed by atoms with Crippen molar-refractivity contribution in [2.75, 3.05) is 0 Å². The molecule has 0 unspecified atom stereocenters. The maximum absolute atomic E-state index is 10.8. The second kappa shape index (κ2) is 6.77. The fourth-order valence-corrected chi connectivity index (χ4v) is 2.35. The number of benzene rings is 1. The minimum Gasteiger partial charge on any atom is -0.370 e. The maximum Gasteiger partial charge on any atom is 0.218 e. The summed E-state index contributed by atoms with van der Waals surface area (Å²) in [5.41, 5.74) is 6.42. The monoisotopic (exact) mass is 298 g/mol. The molecular formula is C13H19BrN2O. The second-order valence-corrected chi connectivity index (χ2v) is 5.29. The molecule has 0 bridgehead atoms. The van der Waals surface area contributed by atoms with Gasteiger partial charge in [-0.2, -0.15) is 0 Å². The fraction of sp³-hybridized carbons (Fsp3) is 0.462. The zero-order chi connectivity index (χ0) is 12.8. The molecule has 0 heterocycles. The zero-order valence-electron chi connectivity index (χ0n) is 10.2. The highest BCUT2D eigenvalue weighted by Crippen LogP contribution is 2.17. The second-order valence-electron chi connectivity index (χ2n) is 4.43. The maximum atomic E-state index is 10.8. The number of hydrogen-bond acceptors (Lipinski definition) is 2. The third-order valence-electron chi connectivity index (χ3n) is 2.56. The quantitative estimate of drug-likeness (QED) is 0.846. The molecule has 1 aromatic rings. The van der Waals surface area contributed by atoms with Crippen molar-refractivity contribution in [2.24, 2.45) is 5.73 Å². The lowest BCUT2D eigenvalue weighted by Gasteiger charge is -2.19. The number of primary amides is 1. The molecule has 0 saturated heterocycles. The molecule has 0 aromatic heterocycles. The molecule has 0 radical (unpaired) electrons. The SMILES string of the molecule is C[C@H](CC(N)=O)N[C@H](C)Cc1ccccc1Br. The van der Waals surface area contributed by atoms with Crippen molar-refractivity contribution in [2.45, 2.75) is 38.8 Å². The summed E-state index contributed by atoms with van der Waals surface area (Å²) in [7, 11) is 0. The predicted octanol–water partition coefficient (Wildman–Crippen LogP) is 2.23. The summed E-state index contributed by atoms with van der Waals surface area (Å²) < 4.78 is 1.12. The number of carbonyl (C=O) groups is 1. The number of carbonyl (C=O) groups excluding carboxylic acids is 1. The molecule has 0 saturated carbocycles. The van der Waals surface area contributed by atoms with E-state index in [2.05, 4.69) is 34.2 Å². The molecule has 1 amide bonds. The van der Waals surface area contributed by atoms with E-state index in [1.165, 1.54) is 5.56 Å². The van der Waals surface area contributed by atoms with E-state index in [4.69, 9.17) is 5.73 Å². The Morgan fingerprint density at radius 1 is 1.35 bits per heavy atom. The summed E-state index contributed by atoms with van der Waals surface area (Å²) in [6.45, 7) is 4.08. The van der Waals surface area contributed by atoms with Crippen molar-refractivity contribution in [1.29, 1.82) is 0 Å². The van der Waals surface area contributed by atoms with Crippen molar-refractivity contribution in [3.05, 3.63) is 34.3 Å². The molecule has 94 valence electrons. The first-order valence-electron chi connectivity index (χ1n) is 5.76. The van der Waals surface area contributed by atoms with Crippen LogP contribution in [0.15, 0.2) is 28.7 Å². The summed E-state index contributed by atoms with van der Waals surface area (Å²) in [5.74, 6) is -0.266. The van der Waals surface area contributed by atoms with E-state index in [9.17, 15) is 4.79 Å². The Kier molecular flexibility index (Phi) is 5.65. The molecule has 3 N–H and O–H groups in total. The van der Waals surface area contributed by atoms with Crippen LogP contribution in [0.2, 0.25) is 0 Å². The minimum absolute atomic E-state index is 0.116. The van der Waals surface area contributed by atoms with Gasteiger partial charge in [-0.25, -0.2) is 0 Å². The van der Waals surface area contributed by atoms with Crippen LogP contribution in [0.25, 0.3) is 0 Å². The Labute approximate surface area is 111 Å². The van der Waals surface area contributed by atoms with E-state index in [0.29, 0.717) is 12.5 Å². The molecule has 0 fully saturated rings. The van der Waals surface area contributed by atoms with Crippen LogP contribution in [-0.4, -0.2) is 18.0 Å². The van der Waals surface area contributed by atoms with E-state index >= 15 is 0 Å². The van der Waals surface area contributed by atoms with Crippen LogP contribution in [-0.2, 0) is 11.2 Å². The van der Waals surface area contributed by atoms with Gasteiger partial charge in [-0.3, -0.25) is 4.79 Å². The van der Waals surface area contributed by atoms with Gasteiger partial charge in [-0.05, 0) is 31.9 Å². The van der Waals surface area contributed by atoms with Crippen LogP contribution in [0.4, 0.5) is 0 Å². The first-order valence-corrected chi connectivity index (χ1v) is 6.56. The van der Waals surface area contributed by atoms with E-state index in [-0.39, 0.29) is 11.9 Å². The number of hydrogen-bond donors (Lipinski definition) is 2. The minimum atomic E-state index is -0.266. The molecule has 0 spiro atoms. The molecular weight excluding hydrogens is 280 g/mol. The lowest BCUT2D eigenvalue weighted by Crippen LogP contribution is -2.38. The van der Waals surface area contributed by atoms with Crippen LogP contribution >= 0.6 is 15.9 Å². The number of halogens is 1. The normalized spacial score (nSPS) is 14.3. The first kappa shape index (κ1) is 14.2. The average molecular weight is 299 g/mol. The molecule has 0 aliphatic heterocycles. The van der Waals surface area contributed by atoms with Gasteiger partial charge in [0.2, 0.25) is 5.91 Å². The Hall–Kier alpha value is -0.870. The average Bonchev–Trinajstić information content (AvgIpc) is 2.19. The van der Waals surface area contributed by atoms with Crippen molar-refractivity contribution >= 4 is 21.8 Å². The first-order chi connectivity index (χ1) is 7.99. The van der Waals surface area contributed by atoms with Gasteiger partial charge < -0.3 is 11.1 Å². The van der Waals surface area contributed by atoms with E-state index in [0.717, 1.165) is 10.9 Å². The zero-order valence-corrected chi connectivity index (χ0v) is 11.8. The van der Waals surface area contributed by atoms with Crippen molar-refractivity contribution in [3.8, 4) is 0 Å². The molecule has 3 nitrogen and oxygen atoms in total. The highest BCUT2D eigenvalue weighted by molar-refractivity contribution is 9.10. The Morgan fingerprint density at radius 3 is 2.59 bits per heavy atom. The third-order valence-corrected chi connectivity index (χ3v) is 3.33. The van der Waals surface area contributed by atoms with Crippen LogP contribution in [0, 0.1) is 0 Å². The fourth-order valence-electron chi connectivity index (χ4n) is 1.90. The predicted molar refractivity (Wildman–Crippen MR) is 73.7 cm³/mol. The topological polar surface area (TPSA) is 55.1 Å². The lowest BCUT2D eigenvalue weighted by atomic mass is 10.1. The molecule has 2 atom stereocenters. The molecule has 17 heavy (non-hydrogen) atoms. The highest BCUT2D eigenvalue weighted by Gasteiger charge is 2.11. The summed E-state index contributed by atoms with van der Waals surface area (Å²) in [6.07, 6.45) is 1.30. The Morgan fingerprint density at radius 2 is 2.00 bits per heavy atom. The number of nitrogens with two attached hydrogens (primary N) is 1. The van der Waals surface area contributed by atoms with Crippen molar-refractivity contribution < 1.29 is 4.79 Å². The summed E-state index contributed by atoms with van der Waals surface area (Å²) in [5, 5.41) is 3.37. The van der Waals surface area contributed by atoms with Crippen molar-refractivity contribution in [1.82, 2.24) is 5.32 Å². The lowest BCUT2D eigenvalue weighted by molar-refractivity contribution is -0.118. The van der Waals surface area contributed by atoms with Gasteiger partial charge in [0.05, 0.1) is 0 Å². The smallest absolute Gasteiger partial charge is 0.218 e. The van der Waals surface area contributed by atoms with Gasteiger partial charge >= 0.3 is 0 Å². The van der Waals surface area contributed by atoms with Gasteiger partial charge in [0.25, 0.3) is 0 Å². The van der Waals surface area contributed by atoms with Gasteiger partial charge in [-0.1, -0.05) is 34.1 Å². The summed E-state index contributed by atoms with van der Waals surface area (Å²) in [4.78, 5) is 10.8. The van der Waals surface area contributed by atoms with Gasteiger partial charge in [-0.15, -0.1) is 0 Å². The van der Waals surface area contributed by atoms with Crippen LogP contribution < -0.4 is 11.1 Å². The number of amides is 1. The molecule has 0 aliphatic rings. The Balaban J connectivity index is 2.47. The van der Waals surface area contributed by atoms with Gasteiger partial charge in [0.1, 0.15) is 0 Å². The Bertz CT molecular complexity index is 381. The third kappa shape index (κ3) is 5.33. The van der Waals surface area contributed by atoms with Gasteiger partial charge in [0.15, 0.2) is 0 Å². The molecule has 4 heteroatoms. The highest BCUT2D eigenvalue weighted by atomic mass is 79.9. The number of rotatable bonds is 6. The molecule has 1 aromatic carbocycles. The van der Waals surface area contributed by atoms with Crippen LogP contribution in [0.5, 0.6) is 0 Å². The van der Waals surface area contributed by atoms with Crippen LogP contribution in [0.3, 0.4) is 0 Å². The standard InChI is InChI=1S/C13H19BrN2O/c1-9(16-10(2)8-13(15)17)7-11-5-3-4-6-12(11)14/h3-6,9-10,16H,7-8H2,1-2H3,(H2,15,17)/t9-,10-/m1/s1. The number of nitrogens with one attached hydrogen (secondary N) is 1. The van der Waals surface area contributed by atoms with E-state index in [1.807, 2.05) is 25.1 Å². The van der Waals surface area contributed by atoms with Gasteiger partial charge in [0, 0.05) is 23.0 Å². The van der Waals surface area contributed by atoms with E-state index < -0.39 is 0 Å².